The second-order valence-corrected chi connectivity index (χ2v) is 8.71. The second-order valence-electron chi connectivity index (χ2n) is 7.51. The smallest absolute Gasteiger partial charge is 0.274 e. The molecule has 2 aromatic heterocycles. The van der Waals surface area contributed by atoms with Crippen molar-refractivity contribution in [3.05, 3.63) is 95.0 Å². The zero-order chi connectivity index (χ0) is 22.3. The minimum atomic E-state index is -0.115. The molecule has 0 aliphatic rings. The second kappa shape index (κ2) is 10.3. The topological polar surface area (TPSA) is 55.6 Å². The number of carbonyl (C=O) groups excluding carboxylic acids is 1. The summed E-state index contributed by atoms with van der Waals surface area (Å²) in [4.78, 5) is 21.0. The highest BCUT2D eigenvalue weighted by molar-refractivity contribution is 7.15. The molecule has 0 spiro atoms. The van der Waals surface area contributed by atoms with E-state index in [4.69, 9.17) is 9.15 Å². The van der Waals surface area contributed by atoms with Crippen LogP contribution in [-0.4, -0.2) is 22.4 Å². The predicted octanol–water partition coefficient (Wildman–Crippen LogP) is 6.34. The lowest BCUT2D eigenvalue weighted by atomic mass is 10.1. The summed E-state index contributed by atoms with van der Waals surface area (Å²) in [5.74, 6) is 1.45. The third-order valence-electron chi connectivity index (χ3n) is 4.96. The lowest BCUT2D eigenvalue weighted by Gasteiger charge is -2.22. The number of aromatic nitrogens is 1. The van der Waals surface area contributed by atoms with Gasteiger partial charge in [0.15, 0.2) is 0 Å². The molecule has 6 heteroatoms. The molecule has 4 rings (SSSR count). The van der Waals surface area contributed by atoms with Gasteiger partial charge in [0.2, 0.25) is 0 Å². The van der Waals surface area contributed by atoms with Crippen molar-refractivity contribution in [3.63, 3.8) is 0 Å². The fourth-order valence-corrected chi connectivity index (χ4v) is 4.34. The zero-order valence-electron chi connectivity index (χ0n) is 18.3. The van der Waals surface area contributed by atoms with Gasteiger partial charge < -0.3 is 14.1 Å². The van der Waals surface area contributed by atoms with Crippen molar-refractivity contribution in [1.29, 1.82) is 0 Å². The highest BCUT2D eigenvalue weighted by Gasteiger charge is 2.24. The molecular weight excluding hydrogens is 420 g/mol. The van der Waals surface area contributed by atoms with Gasteiger partial charge in [-0.25, -0.2) is 4.98 Å². The van der Waals surface area contributed by atoms with Crippen molar-refractivity contribution in [2.75, 3.05) is 6.61 Å². The molecule has 0 unspecified atom stereocenters. The summed E-state index contributed by atoms with van der Waals surface area (Å²) in [5.41, 5.74) is 2.49. The summed E-state index contributed by atoms with van der Waals surface area (Å²) >= 11 is 1.54. The van der Waals surface area contributed by atoms with Crippen molar-refractivity contribution in [2.24, 2.45) is 0 Å². The molecule has 0 fully saturated rings. The van der Waals surface area contributed by atoms with Crippen LogP contribution in [0.2, 0.25) is 0 Å². The Balaban J connectivity index is 1.62. The first kappa shape index (κ1) is 21.8. The molecule has 164 valence electrons. The molecule has 0 atom stereocenters. The molecule has 0 aliphatic carbocycles. The van der Waals surface area contributed by atoms with Crippen LogP contribution >= 0.6 is 11.3 Å². The molecule has 0 aliphatic heterocycles. The lowest BCUT2D eigenvalue weighted by molar-refractivity contribution is 0.0713. The van der Waals surface area contributed by atoms with Crippen LogP contribution < -0.4 is 4.74 Å². The monoisotopic (exact) mass is 446 g/mol. The van der Waals surface area contributed by atoms with Crippen LogP contribution in [-0.2, 0) is 13.1 Å². The van der Waals surface area contributed by atoms with Crippen molar-refractivity contribution >= 4 is 17.2 Å². The van der Waals surface area contributed by atoms with E-state index in [2.05, 4.69) is 11.9 Å². The number of carbonyl (C=O) groups is 1. The average Bonchev–Trinajstić information content (AvgIpc) is 3.48. The molecule has 32 heavy (non-hydrogen) atoms. The van der Waals surface area contributed by atoms with E-state index < -0.39 is 0 Å². The average molecular weight is 447 g/mol. The Labute approximate surface area is 192 Å². The number of rotatable bonds is 9. The number of amides is 1. The van der Waals surface area contributed by atoms with E-state index in [1.165, 1.54) is 11.3 Å². The summed E-state index contributed by atoms with van der Waals surface area (Å²) in [5, 5.41) is 0.863. The number of hydrogen-bond donors (Lipinski definition) is 0. The van der Waals surface area contributed by atoms with Gasteiger partial charge in [-0.1, -0.05) is 49.4 Å². The van der Waals surface area contributed by atoms with E-state index in [1.54, 1.807) is 11.2 Å². The number of ether oxygens (including phenoxy) is 1. The van der Waals surface area contributed by atoms with E-state index in [0.29, 0.717) is 25.4 Å². The summed E-state index contributed by atoms with van der Waals surface area (Å²) < 4.78 is 11.2. The molecule has 1 amide bonds. The number of aryl methyl sites for hydroxylation is 1. The Hall–Kier alpha value is -3.38. The maximum Gasteiger partial charge on any atom is 0.274 e. The zero-order valence-corrected chi connectivity index (χ0v) is 19.1. The predicted molar refractivity (Wildman–Crippen MR) is 127 cm³/mol. The fourth-order valence-electron chi connectivity index (χ4n) is 3.43. The number of benzene rings is 2. The molecule has 5 nitrogen and oxygen atoms in total. The molecule has 0 radical (unpaired) electrons. The summed E-state index contributed by atoms with van der Waals surface area (Å²) in [6, 6.07) is 21.5. The quantitative estimate of drug-likeness (QED) is 0.301. The molecule has 4 aromatic rings. The van der Waals surface area contributed by atoms with Gasteiger partial charge in [0.05, 0.1) is 29.3 Å². The van der Waals surface area contributed by atoms with E-state index in [0.717, 1.165) is 38.9 Å². The number of hydrogen-bond acceptors (Lipinski definition) is 5. The largest absolute Gasteiger partial charge is 0.494 e. The molecule has 2 heterocycles. The first-order chi connectivity index (χ1) is 15.6. The summed E-state index contributed by atoms with van der Waals surface area (Å²) in [7, 11) is 0. The van der Waals surface area contributed by atoms with Crippen LogP contribution in [0.25, 0.3) is 10.4 Å². The van der Waals surface area contributed by atoms with Gasteiger partial charge in [-0.15, -0.1) is 11.3 Å². The van der Waals surface area contributed by atoms with Gasteiger partial charge in [0.1, 0.15) is 17.2 Å². The van der Waals surface area contributed by atoms with Gasteiger partial charge in [0.25, 0.3) is 5.91 Å². The molecular formula is C26H26N2O3S. The molecule has 0 bridgehead atoms. The van der Waals surface area contributed by atoms with E-state index in [1.807, 2.05) is 73.7 Å². The number of furan rings is 1. The minimum absolute atomic E-state index is 0.115. The van der Waals surface area contributed by atoms with Gasteiger partial charge in [-0.05, 0) is 48.7 Å². The maximum absolute atomic E-state index is 13.7. The molecule has 0 saturated heterocycles. The summed E-state index contributed by atoms with van der Waals surface area (Å²) in [6.45, 7) is 5.51. The Morgan fingerprint density at radius 1 is 1.03 bits per heavy atom. The van der Waals surface area contributed by atoms with Crippen LogP contribution in [0.15, 0.2) is 77.4 Å². The van der Waals surface area contributed by atoms with Gasteiger partial charge >= 0.3 is 0 Å². The summed E-state index contributed by atoms with van der Waals surface area (Å²) in [6.07, 6.45) is 2.59. The van der Waals surface area contributed by atoms with Gasteiger partial charge in [-0.2, -0.15) is 0 Å². The standard InChI is InChI=1S/C26H26N2O3S/c1-3-15-30-22-13-11-20(12-14-22)17-28(18-23-10-7-16-31-23)26(29)24-25(32-19(2)27-24)21-8-5-4-6-9-21/h4-14,16H,3,15,17-18H2,1-2H3. The Bertz CT molecular complexity index is 1140. The molecule has 2 aromatic carbocycles. The SMILES string of the molecule is CCCOc1ccc(CN(Cc2ccco2)C(=O)c2nc(C)sc2-c2ccccc2)cc1. The fraction of sp³-hybridized carbons (Fsp3) is 0.231. The van der Waals surface area contributed by atoms with Crippen molar-refractivity contribution in [2.45, 2.75) is 33.4 Å². The van der Waals surface area contributed by atoms with Gasteiger partial charge in [0, 0.05) is 6.54 Å². The normalized spacial score (nSPS) is 10.8. The molecule has 0 saturated carbocycles. The van der Waals surface area contributed by atoms with Crippen molar-refractivity contribution in [3.8, 4) is 16.2 Å². The number of thiazole rings is 1. The molecule has 0 N–H and O–H groups in total. The van der Waals surface area contributed by atoms with Crippen LogP contribution in [0, 0.1) is 6.92 Å². The Kier molecular flexibility index (Phi) is 7.02. The minimum Gasteiger partial charge on any atom is -0.494 e. The van der Waals surface area contributed by atoms with E-state index in [9.17, 15) is 4.79 Å². The van der Waals surface area contributed by atoms with Crippen LogP contribution in [0.5, 0.6) is 5.75 Å². The Morgan fingerprint density at radius 3 is 2.50 bits per heavy atom. The highest BCUT2D eigenvalue weighted by Crippen LogP contribution is 2.31. The first-order valence-corrected chi connectivity index (χ1v) is 11.5. The van der Waals surface area contributed by atoms with Crippen LogP contribution in [0.1, 0.15) is 40.2 Å². The lowest BCUT2D eigenvalue weighted by Crippen LogP contribution is -2.30. The van der Waals surface area contributed by atoms with Crippen molar-refractivity contribution in [1.82, 2.24) is 9.88 Å². The Morgan fingerprint density at radius 2 is 1.81 bits per heavy atom. The van der Waals surface area contributed by atoms with E-state index in [-0.39, 0.29) is 5.91 Å². The highest BCUT2D eigenvalue weighted by atomic mass is 32.1. The number of nitrogens with zero attached hydrogens (tertiary/aromatic N) is 2. The van der Waals surface area contributed by atoms with E-state index >= 15 is 0 Å². The first-order valence-electron chi connectivity index (χ1n) is 10.7. The van der Waals surface area contributed by atoms with Gasteiger partial charge in [-0.3, -0.25) is 4.79 Å². The maximum atomic E-state index is 13.7. The van der Waals surface area contributed by atoms with Crippen LogP contribution in [0.4, 0.5) is 0 Å². The van der Waals surface area contributed by atoms with Crippen LogP contribution in [0.3, 0.4) is 0 Å². The van der Waals surface area contributed by atoms with Crippen molar-refractivity contribution < 1.29 is 13.9 Å². The third-order valence-corrected chi connectivity index (χ3v) is 5.98. The third kappa shape index (κ3) is 5.26.